The molecule has 6 nitrogen and oxygen atoms in total. The molecule has 2 N–H and O–H groups in total. The molecule has 1 heterocycles. The summed E-state index contributed by atoms with van der Waals surface area (Å²) in [5.41, 5.74) is 1.53. The van der Waals surface area contributed by atoms with Crippen LogP contribution in [0.15, 0.2) is 57.9 Å². The number of aromatic hydroxyl groups is 1. The van der Waals surface area contributed by atoms with Crippen molar-refractivity contribution in [3.05, 3.63) is 53.9 Å². The number of rotatable bonds is 7. The Labute approximate surface area is 151 Å². The maximum atomic E-state index is 9.79. The van der Waals surface area contributed by atoms with Crippen LogP contribution in [0.1, 0.15) is 0 Å². The minimum atomic E-state index is -0.0113. The maximum Gasteiger partial charge on any atom is 0.137 e. The van der Waals surface area contributed by atoms with Gasteiger partial charge in [-0.2, -0.15) is 0 Å². The van der Waals surface area contributed by atoms with E-state index in [9.17, 15) is 5.11 Å². The Morgan fingerprint density at radius 3 is 2.58 bits per heavy atom. The van der Waals surface area contributed by atoms with Gasteiger partial charge in [0.15, 0.2) is 0 Å². The second-order valence-corrected chi connectivity index (χ2v) is 5.62. The van der Waals surface area contributed by atoms with Gasteiger partial charge in [-0.1, -0.05) is 0 Å². The molecule has 6 heteroatoms. The van der Waals surface area contributed by atoms with Crippen molar-refractivity contribution in [1.82, 2.24) is 0 Å². The third kappa shape index (κ3) is 4.22. The van der Waals surface area contributed by atoms with Crippen LogP contribution in [0.2, 0.25) is 0 Å². The molecule has 0 aliphatic carbocycles. The summed E-state index contributed by atoms with van der Waals surface area (Å²) in [5.74, 6) is 1.59. The summed E-state index contributed by atoms with van der Waals surface area (Å²) in [4.78, 5) is 4.56. The van der Waals surface area contributed by atoms with Crippen molar-refractivity contribution in [1.29, 1.82) is 0 Å². The summed E-state index contributed by atoms with van der Waals surface area (Å²) >= 11 is 0. The number of hydrogen-bond donors (Lipinski definition) is 2. The highest BCUT2D eigenvalue weighted by Gasteiger charge is 2.07. The largest absolute Gasteiger partial charge is 0.508 e. The van der Waals surface area contributed by atoms with Crippen molar-refractivity contribution in [3.63, 3.8) is 0 Å². The Bertz CT molecular complexity index is 931. The van der Waals surface area contributed by atoms with Crippen molar-refractivity contribution in [3.8, 4) is 22.8 Å². The Kier molecular flexibility index (Phi) is 5.88. The summed E-state index contributed by atoms with van der Waals surface area (Å²) < 4.78 is 16.4. The molecule has 0 atom stereocenters. The number of phenols is 1. The smallest absolute Gasteiger partial charge is 0.137 e. The molecular formula is C20H21NO5. The topological polar surface area (TPSA) is 84.4 Å². The van der Waals surface area contributed by atoms with Gasteiger partial charge in [0, 0.05) is 17.0 Å². The number of methoxy groups -OCH3 is 1. The van der Waals surface area contributed by atoms with E-state index >= 15 is 0 Å². The lowest BCUT2D eigenvalue weighted by molar-refractivity contribution is 0.0975. The molecule has 0 aliphatic rings. The predicted octanol–water partition coefficient (Wildman–Crippen LogP) is 2.72. The number of nitrogens with zero attached hydrogens (tertiary/aromatic N) is 1. The Balaban J connectivity index is 2.02. The highest BCUT2D eigenvalue weighted by atomic mass is 16.5. The number of phenolic OH excluding ortho intramolecular Hbond substituents is 1. The monoisotopic (exact) mass is 355 g/mol. The molecule has 0 fully saturated rings. The molecule has 136 valence electrons. The second kappa shape index (κ2) is 8.51. The number of hydrogen-bond acceptors (Lipinski definition) is 6. The normalized spacial score (nSPS) is 11.8. The van der Waals surface area contributed by atoms with Crippen LogP contribution in [0, 0.1) is 0 Å². The van der Waals surface area contributed by atoms with Crippen LogP contribution < -0.4 is 10.1 Å². The predicted molar refractivity (Wildman–Crippen MR) is 98.2 cm³/mol. The van der Waals surface area contributed by atoms with Crippen LogP contribution in [0.5, 0.6) is 11.5 Å². The van der Waals surface area contributed by atoms with Gasteiger partial charge in [0.25, 0.3) is 0 Å². The zero-order chi connectivity index (χ0) is 18.4. The van der Waals surface area contributed by atoms with E-state index in [2.05, 4.69) is 4.99 Å². The molecule has 0 radical (unpaired) electrons. The number of ether oxygens (including phenoxy) is 2. The first-order chi connectivity index (χ1) is 12.7. The summed E-state index contributed by atoms with van der Waals surface area (Å²) in [6, 6.07) is 14.3. The Morgan fingerprint density at radius 2 is 1.85 bits per heavy atom. The van der Waals surface area contributed by atoms with E-state index in [-0.39, 0.29) is 19.0 Å². The standard InChI is InChI=1S/C20H21NO5/c1-24-16-5-2-14(3-6-16)20-13-18(21-8-10-25-11-9-22)17-12-15(23)4-7-19(17)26-20/h2-7,12-13,22-23H,8-11H2,1H3. The van der Waals surface area contributed by atoms with Crippen molar-refractivity contribution in [2.75, 3.05) is 33.5 Å². The SMILES string of the molecule is COc1ccc(-c2cc(=NCCOCCO)c3cc(O)ccc3o2)cc1. The number of aliphatic hydroxyl groups excluding tert-OH is 1. The first kappa shape index (κ1) is 18.0. The Morgan fingerprint density at radius 1 is 1.04 bits per heavy atom. The molecule has 0 spiro atoms. The lowest BCUT2D eigenvalue weighted by atomic mass is 10.1. The zero-order valence-corrected chi connectivity index (χ0v) is 14.5. The summed E-state index contributed by atoms with van der Waals surface area (Å²) in [5, 5.41) is 20.0. The van der Waals surface area contributed by atoms with E-state index in [1.165, 1.54) is 0 Å². The average Bonchev–Trinajstić information content (AvgIpc) is 2.68. The van der Waals surface area contributed by atoms with Crippen molar-refractivity contribution in [2.45, 2.75) is 0 Å². The summed E-state index contributed by atoms with van der Waals surface area (Å²) in [7, 11) is 1.62. The molecule has 0 bridgehead atoms. The maximum absolute atomic E-state index is 9.79. The first-order valence-electron chi connectivity index (χ1n) is 8.31. The van der Waals surface area contributed by atoms with E-state index in [4.69, 9.17) is 19.0 Å². The van der Waals surface area contributed by atoms with Gasteiger partial charge in [-0.05, 0) is 42.5 Å². The van der Waals surface area contributed by atoms with Crippen LogP contribution in [0.3, 0.4) is 0 Å². The molecule has 0 unspecified atom stereocenters. The minimum absolute atomic E-state index is 0.0113. The third-order valence-electron chi connectivity index (χ3n) is 3.85. The van der Waals surface area contributed by atoms with Crippen LogP contribution >= 0.6 is 0 Å². The van der Waals surface area contributed by atoms with Gasteiger partial charge >= 0.3 is 0 Å². The molecule has 0 amide bonds. The van der Waals surface area contributed by atoms with Crippen LogP contribution in [-0.4, -0.2) is 43.7 Å². The van der Waals surface area contributed by atoms with Gasteiger partial charge in [-0.3, -0.25) is 4.99 Å². The van der Waals surface area contributed by atoms with Crippen molar-refractivity contribution >= 4 is 11.0 Å². The summed E-state index contributed by atoms with van der Waals surface area (Å²) in [6.07, 6.45) is 0. The van der Waals surface area contributed by atoms with Gasteiger partial charge in [-0.25, -0.2) is 0 Å². The van der Waals surface area contributed by atoms with Gasteiger partial charge in [-0.15, -0.1) is 0 Å². The lowest BCUT2D eigenvalue weighted by Crippen LogP contribution is -2.09. The van der Waals surface area contributed by atoms with E-state index < -0.39 is 0 Å². The zero-order valence-electron chi connectivity index (χ0n) is 14.5. The fourth-order valence-electron chi connectivity index (χ4n) is 2.58. The number of fused-ring (bicyclic) bond motifs is 1. The number of benzene rings is 2. The molecule has 0 saturated heterocycles. The second-order valence-electron chi connectivity index (χ2n) is 5.62. The quantitative estimate of drug-likeness (QED) is 0.637. The molecule has 0 aliphatic heterocycles. The van der Waals surface area contributed by atoms with E-state index in [0.717, 1.165) is 16.7 Å². The minimum Gasteiger partial charge on any atom is -0.508 e. The average molecular weight is 355 g/mol. The lowest BCUT2D eigenvalue weighted by Gasteiger charge is -2.07. The number of aliphatic hydroxyl groups is 1. The van der Waals surface area contributed by atoms with E-state index in [1.54, 1.807) is 25.3 Å². The van der Waals surface area contributed by atoms with Crippen LogP contribution in [-0.2, 0) is 4.74 Å². The van der Waals surface area contributed by atoms with E-state index in [1.807, 2.05) is 30.3 Å². The van der Waals surface area contributed by atoms with Gasteiger partial charge < -0.3 is 24.1 Å². The van der Waals surface area contributed by atoms with E-state index in [0.29, 0.717) is 29.9 Å². The first-order valence-corrected chi connectivity index (χ1v) is 8.31. The van der Waals surface area contributed by atoms with Gasteiger partial charge in [0.1, 0.15) is 22.8 Å². The third-order valence-corrected chi connectivity index (χ3v) is 3.85. The fraction of sp³-hybridized carbons (Fsp3) is 0.250. The summed E-state index contributed by atoms with van der Waals surface area (Å²) in [6.45, 7) is 1.13. The van der Waals surface area contributed by atoms with Crippen molar-refractivity contribution in [2.24, 2.45) is 4.99 Å². The molecule has 3 aromatic rings. The van der Waals surface area contributed by atoms with Crippen LogP contribution in [0.25, 0.3) is 22.3 Å². The molecular weight excluding hydrogens is 334 g/mol. The highest BCUT2D eigenvalue weighted by molar-refractivity contribution is 5.80. The molecule has 26 heavy (non-hydrogen) atoms. The molecule has 1 aromatic heterocycles. The van der Waals surface area contributed by atoms with Crippen molar-refractivity contribution < 1.29 is 24.1 Å². The Hall–Kier alpha value is -2.83. The van der Waals surface area contributed by atoms with Gasteiger partial charge in [0.2, 0.25) is 0 Å². The molecule has 2 aromatic carbocycles. The molecule has 3 rings (SSSR count). The highest BCUT2D eigenvalue weighted by Crippen LogP contribution is 2.25. The fourth-order valence-corrected chi connectivity index (χ4v) is 2.58. The van der Waals surface area contributed by atoms with Crippen LogP contribution in [0.4, 0.5) is 0 Å². The van der Waals surface area contributed by atoms with Gasteiger partial charge in [0.05, 0.1) is 38.8 Å². The molecule has 0 saturated carbocycles.